The van der Waals surface area contributed by atoms with E-state index in [1.54, 1.807) is 0 Å². The molecule has 0 aromatic carbocycles. The Hall–Kier alpha value is -0.0800. The summed E-state index contributed by atoms with van der Waals surface area (Å²) in [6.45, 7) is 7.53. The van der Waals surface area contributed by atoms with E-state index in [4.69, 9.17) is 5.73 Å². The van der Waals surface area contributed by atoms with E-state index in [1.807, 2.05) is 0 Å². The van der Waals surface area contributed by atoms with Crippen molar-refractivity contribution in [3.63, 3.8) is 0 Å². The van der Waals surface area contributed by atoms with Crippen LogP contribution in [-0.4, -0.2) is 19.6 Å². The smallest absolute Gasteiger partial charge is 0.00201 e. The maximum absolute atomic E-state index is 5.48. The second kappa shape index (κ2) is 8.02. The van der Waals surface area contributed by atoms with E-state index in [0.29, 0.717) is 0 Å². The predicted molar refractivity (Wildman–Crippen MR) is 50.6 cm³/mol. The molecule has 0 amide bonds. The van der Waals surface area contributed by atoms with Gasteiger partial charge in [-0.2, -0.15) is 0 Å². The van der Waals surface area contributed by atoms with Gasteiger partial charge in [0.2, 0.25) is 0 Å². The Morgan fingerprint density at radius 1 is 1.36 bits per heavy atom. The van der Waals surface area contributed by atoms with Gasteiger partial charge >= 0.3 is 0 Å². The van der Waals surface area contributed by atoms with Crippen LogP contribution in [-0.2, 0) is 0 Å². The minimum atomic E-state index is 0.784. The third-order valence-electron chi connectivity index (χ3n) is 2.01. The quantitative estimate of drug-likeness (QED) is 0.549. The van der Waals surface area contributed by atoms with Gasteiger partial charge in [-0.05, 0) is 38.4 Å². The van der Waals surface area contributed by atoms with Crippen molar-refractivity contribution in [2.45, 2.75) is 33.1 Å². The lowest BCUT2D eigenvalue weighted by Gasteiger charge is -2.13. The summed E-state index contributed by atoms with van der Waals surface area (Å²) in [5.74, 6) is 0.784. The van der Waals surface area contributed by atoms with Gasteiger partial charge in [0, 0.05) is 0 Å². The summed E-state index contributed by atoms with van der Waals surface area (Å²) < 4.78 is 0. The van der Waals surface area contributed by atoms with Crippen LogP contribution in [0.5, 0.6) is 0 Å². The molecule has 2 nitrogen and oxygen atoms in total. The van der Waals surface area contributed by atoms with E-state index in [1.165, 1.54) is 12.8 Å². The first-order chi connectivity index (χ1) is 5.35. The maximum atomic E-state index is 5.48. The molecule has 0 spiro atoms. The Morgan fingerprint density at radius 2 is 2.09 bits per heavy atom. The van der Waals surface area contributed by atoms with Gasteiger partial charge in [-0.3, -0.25) is 0 Å². The van der Waals surface area contributed by atoms with Crippen LogP contribution in [0.15, 0.2) is 0 Å². The lowest BCUT2D eigenvalue weighted by Crippen LogP contribution is -2.24. The molecule has 0 aliphatic carbocycles. The van der Waals surface area contributed by atoms with Crippen LogP contribution >= 0.6 is 0 Å². The summed E-state index contributed by atoms with van der Waals surface area (Å²) in [6.07, 6.45) is 3.63. The van der Waals surface area contributed by atoms with Gasteiger partial charge in [-0.15, -0.1) is 0 Å². The fraction of sp³-hybridized carbons (Fsp3) is 1.00. The lowest BCUT2D eigenvalue weighted by atomic mass is 10.0. The van der Waals surface area contributed by atoms with E-state index in [2.05, 4.69) is 19.2 Å². The molecule has 0 bridgehead atoms. The van der Waals surface area contributed by atoms with Crippen molar-refractivity contribution in [1.82, 2.24) is 5.32 Å². The zero-order chi connectivity index (χ0) is 8.53. The minimum absolute atomic E-state index is 0.784. The first-order valence-electron chi connectivity index (χ1n) is 4.75. The summed E-state index contributed by atoms with van der Waals surface area (Å²) in [7, 11) is 0. The largest absolute Gasteiger partial charge is 0.330 e. The summed E-state index contributed by atoms with van der Waals surface area (Å²) in [5, 5.41) is 3.42. The highest BCUT2D eigenvalue weighted by Crippen LogP contribution is 2.04. The Bertz CT molecular complexity index is 74.0. The number of nitrogens with two attached hydrogens (primary N) is 1. The third-order valence-corrected chi connectivity index (χ3v) is 2.01. The monoisotopic (exact) mass is 158 g/mol. The fourth-order valence-corrected chi connectivity index (χ4v) is 1.17. The number of hydrogen-bond donors (Lipinski definition) is 2. The summed E-state index contributed by atoms with van der Waals surface area (Å²) >= 11 is 0. The SMILES string of the molecule is CCCNCC(CC)CCN. The number of hydrogen-bond acceptors (Lipinski definition) is 2. The molecule has 1 unspecified atom stereocenters. The zero-order valence-corrected chi connectivity index (χ0v) is 7.90. The molecule has 0 aromatic rings. The number of rotatable bonds is 7. The van der Waals surface area contributed by atoms with Gasteiger partial charge in [0.15, 0.2) is 0 Å². The van der Waals surface area contributed by atoms with Crippen molar-refractivity contribution < 1.29 is 0 Å². The van der Waals surface area contributed by atoms with Crippen molar-refractivity contribution in [1.29, 1.82) is 0 Å². The molecular weight excluding hydrogens is 136 g/mol. The molecule has 0 aliphatic heterocycles. The molecule has 0 saturated heterocycles. The Morgan fingerprint density at radius 3 is 2.55 bits per heavy atom. The van der Waals surface area contributed by atoms with Crippen LogP contribution < -0.4 is 11.1 Å². The first-order valence-corrected chi connectivity index (χ1v) is 4.75. The van der Waals surface area contributed by atoms with Crippen LogP contribution in [0.25, 0.3) is 0 Å². The molecule has 0 fully saturated rings. The molecule has 0 saturated carbocycles. The van der Waals surface area contributed by atoms with Crippen molar-refractivity contribution in [3.05, 3.63) is 0 Å². The second-order valence-electron chi connectivity index (χ2n) is 3.06. The van der Waals surface area contributed by atoms with E-state index in [0.717, 1.165) is 32.0 Å². The number of nitrogens with one attached hydrogen (secondary N) is 1. The third kappa shape index (κ3) is 6.32. The van der Waals surface area contributed by atoms with Crippen LogP contribution in [0.4, 0.5) is 0 Å². The molecule has 0 aromatic heterocycles. The second-order valence-corrected chi connectivity index (χ2v) is 3.06. The zero-order valence-electron chi connectivity index (χ0n) is 7.90. The molecule has 3 N–H and O–H groups in total. The van der Waals surface area contributed by atoms with Crippen LogP contribution in [0.3, 0.4) is 0 Å². The molecule has 0 heterocycles. The molecule has 0 aliphatic rings. The summed E-state index contributed by atoms with van der Waals surface area (Å²) in [4.78, 5) is 0. The van der Waals surface area contributed by atoms with Crippen LogP contribution in [0.1, 0.15) is 33.1 Å². The van der Waals surface area contributed by atoms with Crippen molar-refractivity contribution >= 4 is 0 Å². The Labute approximate surface area is 70.5 Å². The van der Waals surface area contributed by atoms with Gasteiger partial charge in [0.1, 0.15) is 0 Å². The van der Waals surface area contributed by atoms with Gasteiger partial charge in [0.25, 0.3) is 0 Å². The predicted octanol–water partition coefficient (Wildman–Crippen LogP) is 1.36. The van der Waals surface area contributed by atoms with Crippen molar-refractivity contribution in [3.8, 4) is 0 Å². The average molecular weight is 158 g/mol. The average Bonchev–Trinajstić information content (AvgIpc) is 2.03. The summed E-state index contributed by atoms with van der Waals surface area (Å²) in [5.41, 5.74) is 5.48. The molecular formula is C9H22N2. The molecule has 68 valence electrons. The van der Waals surface area contributed by atoms with E-state index >= 15 is 0 Å². The van der Waals surface area contributed by atoms with Gasteiger partial charge < -0.3 is 11.1 Å². The first kappa shape index (κ1) is 10.9. The molecule has 0 radical (unpaired) electrons. The highest BCUT2D eigenvalue weighted by Gasteiger charge is 2.02. The van der Waals surface area contributed by atoms with Crippen molar-refractivity contribution in [2.75, 3.05) is 19.6 Å². The van der Waals surface area contributed by atoms with E-state index in [9.17, 15) is 0 Å². The van der Waals surface area contributed by atoms with Crippen molar-refractivity contribution in [2.24, 2.45) is 11.7 Å². The maximum Gasteiger partial charge on any atom is -0.00201 e. The normalized spacial score (nSPS) is 13.4. The summed E-state index contributed by atoms with van der Waals surface area (Å²) in [6, 6.07) is 0. The van der Waals surface area contributed by atoms with Gasteiger partial charge in [-0.1, -0.05) is 20.3 Å². The standard InChI is InChI=1S/C9H22N2/c1-3-7-11-8-9(4-2)5-6-10/h9,11H,3-8,10H2,1-2H3. The molecule has 11 heavy (non-hydrogen) atoms. The Kier molecular flexibility index (Phi) is 7.96. The topological polar surface area (TPSA) is 38.0 Å². The van der Waals surface area contributed by atoms with Crippen LogP contribution in [0.2, 0.25) is 0 Å². The van der Waals surface area contributed by atoms with Crippen LogP contribution in [0, 0.1) is 5.92 Å². The lowest BCUT2D eigenvalue weighted by molar-refractivity contribution is 0.439. The van der Waals surface area contributed by atoms with E-state index in [-0.39, 0.29) is 0 Å². The van der Waals surface area contributed by atoms with Gasteiger partial charge in [0.05, 0.1) is 0 Å². The molecule has 0 rings (SSSR count). The Balaban J connectivity index is 3.20. The molecule has 1 atom stereocenters. The molecule has 2 heteroatoms. The highest BCUT2D eigenvalue weighted by molar-refractivity contribution is 4.60. The highest BCUT2D eigenvalue weighted by atomic mass is 14.8. The fourth-order valence-electron chi connectivity index (χ4n) is 1.17. The van der Waals surface area contributed by atoms with E-state index < -0.39 is 0 Å². The van der Waals surface area contributed by atoms with Gasteiger partial charge in [-0.25, -0.2) is 0 Å². The minimum Gasteiger partial charge on any atom is -0.330 e.